The third-order valence-corrected chi connectivity index (χ3v) is 7.41. The zero-order valence-corrected chi connectivity index (χ0v) is 9.06. The Morgan fingerprint density at radius 1 is 1.33 bits per heavy atom. The summed E-state index contributed by atoms with van der Waals surface area (Å²) in [6.45, 7) is 4.43. The van der Waals surface area contributed by atoms with Gasteiger partial charge in [0.15, 0.2) is 0 Å². The molecule has 0 unspecified atom stereocenters. The first kappa shape index (κ1) is 10.1. The van der Waals surface area contributed by atoms with Crippen LogP contribution in [0, 0.1) is 0 Å². The van der Waals surface area contributed by atoms with Crippen LogP contribution in [0.2, 0.25) is 0 Å². The lowest BCUT2D eigenvalue weighted by molar-refractivity contribution is -0.118. The van der Waals surface area contributed by atoms with Crippen LogP contribution >= 0.6 is 7.49 Å². The van der Waals surface area contributed by atoms with Gasteiger partial charge in [-0.1, -0.05) is 0 Å². The molecule has 0 aromatic rings. The Morgan fingerprint density at radius 2 is 1.83 bits per heavy atom. The highest BCUT2D eigenvalue weighted by molar-refractivity contribution is 7.72. The van der Waals surface area contributed by atoms with Crippen LogP contribution < -0.4 is 0 Å². The van der Waals surface area contributed by atoms with Crippen molar-refractivity contribution in [1.82, 2.24) is 0 Å². The van der Waals surface area contributed by atoms with Gasteiger partial charge >= 0.3 is 0 Å². The van der Waals surface area contributed by atoms with Crippen molar-refractivity contribution in [3.8, 4) is 0 Å². The van der Waals surface area contributed by atoms with Crippen LogP contribution in [-0.2, 0) is 9.32 Å². The van der Waals surface area contributed by atoms with Gasteiger partial charge in [-0.05, 0) is 13.8 Å². The van der Waals surface area contributed by atoms with E-state index < -0.39 is 7.49 Å². The minimum Gasteiger partial charge on any atom is -0.299 e. The second-order valence-corrected chi connectivity index (χ2v) is 7.91. The molecule has 1 aliphatic heterocycles. The van der Waals surface area contributed by atoms with E-state index in [0.29, 0.717) is 11.4 Å². The highest BCUT2D eigenvalue weighted by Crippen LogP contribution is 2.65. The van der Waals surface area contributed by atoms with Crippen LogP contribution in [0.15, 0.2) is 0 Å². The monoisotopic (exact) mass is 189 g/mol. The smallest absolute Gasteiger partial charge is 0.148 e. The van der Waals surface area contributed by atoms with Crippen molar-refractivity contribution in [2.45, 2.75) is 32.3 Å². The largest absolute Gasteiger partial charge is 0.299 e. The number of carbonyl (C=O) groups is 1. The number of ketones is 1. The molecule has 0 radical (unpaired) electrons. The van der Waals surface area contributed by atoms with Gasteiger partial charge < -0.3 is 0 Å². The number of carbonyl (C=O) groups excluding carboxylic acids is 1. The van der Waals surface area contributed by atoms with Gasteiger partial charge in [0.1, 0.15) is 13.3 Å². The van der Waals surface area contributed by atoms with Gasteiger partial charge in [0.2, 0.25) is 0 Å². The third-order valence-electron chi connectivity index (χ3n) is 2.84. The summed E-state index contributed by atoms with van der Waals surface area (Å²) in [7, 11) is 0.608. The van der Waals surface area contributed by atoms with Crippen molar-refractivity contribution in [3.63, 3.8) is 0 Å². The fourth-order valence-electron chi connectivity index (χ4n) is 1.77. The molecule has 0 aromatic carbocycles. The molecule has 70 valence electrons. The van der Waals surface area contributed by atoms with Crippen molar-refractivity contribution in [1.29, 1.82) is 0 Å². The molecule has 0 bridgehead atoms. The molecule has 1 heterocycles. The van der Waals surface area contributed by atoms with E-state index in [1.807, 2.05) is 7.11 Å². The van der Waals surface area contributed by atoms with Gasteiger partial charge in [0.25, 0.3) is 0 Å². The second kappa shape index (κ2) is 3.85. The lowest BCUT2D eigenvalue weighted by Gasteiger charge is -2.30. The molecule has 1 rings (SSSR count). The average Bonchev–Trinajstić information content (AvgIpc) is 2.06. The van der Waals surface area contributed by atoms with Gasteiger partial charge in [-0.3, -0.25) is 4.79 Å². The maximum absolute atomic E-state index is 11.1. The van der Waals surface area contributed by atoms with Gasteiger partial charge in [-0.15, -0.1) is 0 Å². The van der Waals surface area contributed by atoms with Gasteiger partial charge in [-0.2, -0.15) is 0 Å². The summed E-state index contributed by atoms with van der Waals surface area (Å²) in [4.78, 5) is 11.1. The van der Waals surface area contributed by atoms with Crippen LogP contribution in [0.1, 0.15) is 26.7 Å². The van der Waals surface area contributed by atoms with E-state index in [4.69, 9.17) is 4.52 Å². The Morgan fingerprint density at radius 3 is 2.17 bits per heavy atom. The molecule has 0 aromatic heterocycles. The van der Waals surface area contributed by atoms with Crippen molar-refractivity contribution in [2.24, 2.45) is 0 Å². The zero-order valence-electron chi connectivity index (χ0n) is 8.17. The van der Waals surface area contributed by atoms with Crippen molar-refractivity contribution in [2.75, 3.05) is 19.4 Å². The number of Topliss-reactive ketones (excluding diaryl/α,β-unsaturated/α-hetero) is 1. The van der Waals surface area contributed by atoms with E-state index in [-0.39, 0.29) is 0 Å². The first-order valence-electron chi connectivity index (χ1n) is 4.55. The van der Waals surface area contributed by atoms with Crippen LogP contribution in [0.3, 0.4) is 0 Å². The van der Waals surface area contributed by atoms with Crippen molar-refractivity contribution < 1.29 is 9.32 Å². The molecular formula is C9H18O2P+. The molecule has 2 nitrogen and oxygen atoms in total. The molecule has 1 saturated heterocycles. The minimum absolute atomic E-state index is 0.420. The Balaban J connectivity index is 2.63. The molecule has 0 saturated carbocycles. The normalized spacial score (nSPS) is 23.2. The fourth-order valence-corrected chi connectivity index (χ4v) is 5.07. The predicted octanol–water partition coefficient (Wildman–Crippen LogP) is 2.34. The fraction of sp³-hybridized carbons (Fsp3) is 0.889. The number of hydrogen-bond acceptors (Lipinski definition) is 2. The first-order valence-corrected chi connectivity index (χ1v) is 6.69. The van der Waals surface area contributed by atoms with Crippen molar-refractivity contribution >= 4 is 13.3 Å². The van der Waals surface area contributed by atoms with E-state index in [1.165, 1.54) is 0 Å². The number of rotatable bonds is 2. The molecule has 0 atom stereocenters. The average molecular weight is 189 g/mol. The van der Waals surface area contributed by atoms with Crippen LogP contribution in [0.5, 0.6) is 0 Å². The molecule has 1 fully saturated rings. The Hall–Kier alpha value is 0.0600. The summed E-state index contributed by atoms with van der Waals surface area (Å²) in [5, 5.41) is 0. The van der Waals surface area contributed by atoms with E-state index in [1.54, 1.807) is 0 Å². The van der Waals surface area contributed by atoms with Gasteiger partial charge in [0, 0.05) is 12.8 Å². The molecule has 0 spiro atoms. The highest BCUT2D eigenvalue weighted by Gasteiger charge is 2.45. The SMILES string of the molecule is CO[P+]1(C(C)C)CCC(=O)CC1. The molecule has 12 heavy (non-hydrogen) atoms. The summed E-state index contributed by atoms with van der Waals surface area (Å²) in [5.41, 5.74) is 0.621. The summed E-state index contributed by atoms with van der Waals surface area (Å²) in [6, 6.07) is 0. The molecular weight excluding hydrogens is 171 g/mol. The summed E-state index contributed by atoms with van der Waals surface area (Å²) >= 11 is 0. The molecule has 0 amide bonds. The standard InChI is InChI=1S/C9H18O2P/c1-8(2)12(11-3)6-4-9(10)5-7-12/h8H,4-7H2,1-3H3/q+1. The Labute approximate surface area is 75.1 Å². The minimum atomic E-state index is -1.20. The lowest BCUT2D eigenvalue weighted by Crippen LogP contribution is -2.23. The van der Waals surface area contributed by atoms with E-state index >= 15 is 0 Å². The molecule has 1 aliphatic rings. The Kier molecular flexibility index (Phi) is 3.25. The quantitative estimate of drug-likeness (QED) is 0.623. The highest BCUT2D eigenvalue weighted by atomic mass is 31.2. The van der Waals surface area contributed by atoms with Crippen LogP contribution in [0.4, 0.5) is 0 Å². The summed E-state index contributed by atoms with van der Waals surface area (Å²) in [6.07, 6.45) is 3.53. The maximum Gasteiger partial charge on any atom is 0.148 e. The topological polar surface area (TPSA) is 26.3 Å². The number of hydrogen-bond donors (Lipinski definition) is 0. The Bertz CT molecular complexity index is 167. The van der Waals surface area contributed by atoms with Crippen molar-refractivity contribution in [3.05, 3.63) is 0 Å². The van der Waals surface area contributed by atoms with Crippen LogP contribution in [-0.4, -0.2) is 30.9 Å². The predicted molar refractivity (Wildman–Crippen MR) is 53.0 cm³/mol. The second-order valence-electron chi connectivity index (χ2n) is 3.71. The van der Waals surface area contributed by atoms with Gasteiger partial charge in [-0.25, -0.2) is 4.52 Å². The maximum atomic E-state index is 11.1. The van der Waals surface area contributed by atoms with Crippen LogP contribution in [0.25, 0.3) is 0 Å². The first-order chi connectivity index (χ1) is 5.60. The van der Waals surface area contributed by atoms with Gasteiger partial charge in [0.05, 0.1) is 25.1 Å². The molecule has 0 N–H and O–H groups in total. The molecule has 3 heteroatoms. The third kappa shape index (κ3) is 1.86. The summed E-state index contributed by atoms with van der Waals surface area (Å²) < 4.78 is 5.65. The summed E-state index contributed by atoms with van der Waals surface area (Å²) in [5.74, 6) is 0.420. The van der Waals surface area contributed by atoms with E-state index in [2.05, 4.69) is 13.8 Å². The van der Waals surface area contributed by atoms with E-state index in [9.17, 15) is 4.79 Å². The molecule has 0 aliphatic carbocycles. The lowest BCUT2D eigenvalue weighted by atomic mass is 10.2. The zero-order chi connectivity index (χ0) is 9.19. The van der Waals surface area contributed by atoms with E-state index in [0.717, 1.165) is 25.2 Å².